The van der Waals surface area contributed by atoms with Gasteiger partial charge in [0.25, 0.3) is 0 Å². The number of cyclic esters (lactones) is 1. The first kappa shape index (κ1) is 31.5. The molecule has 0 saturated carbocycles. The number of pyridine rings is 1. The minimum atomic E-state index is -0.678. The number of hydrogen-bond acceptors (Lipinski definition) is 9. The maximum Gasteiger partial charge on any atom is 0.342 e. The average Bonchev–Trinajstić information content (AvgIpc) is 3.28. The lowest BCUT2D eigenvalue weighted by Crippen LogP contribution is -2.29. The summed E-state index contributed by atoms with van der Waals surface area (Å²) in [5.74, 6) is 0.685. The van der Waals surface area contributed by atoms with E-state index >= 15 is 0 Å². The normalized spacial score (nSPS) is 27.1. The van der Waals surface area contributed by atoms with Gasteiger partial charge in [-0.05, 0) is 57.4 Å². The molecule has 42 heavy (non-hydrogen) atoms. The fourth-order valence-electron chi connectivity index (χ4n) is 5.00. The summed E-state index contributed by atoms with van der Waals surface area (Å²) in [5.41, 5.74) is 0.951. The number of rotatable bonds is 9. The quantitative estimate of drug-likeness (QED) is 0.160. The summed E-state index contributed by atoms with van der Waals surface area (Å²) in [6.45, 7) is 11.1. The van der Waals surface area contributed by atoms with Gasteiger partial charge in [-0.15, -0.1) is 0 Å². The van der Waals surface area contributed by atoms with Crippen LogP contribution in [0, 0.1) is 11.8 Å². The Kier molecular flexibility index (Phi) is 11.0. The van der Waals surface area contributed by atoms with Gasteiger partial charge in [0.1, 0.15) is 29.0 Å². The van der Waals surface area contributed by atoms with Gasteiger partial charge in [0.15, 0.2) is 12.6 Å². The van der Waals surface area contributed by atoms with E-state index in [1.165, 1.54) is 7.11 Å². The number of carbonyl (C=O) groups is 1. The Bertz CT molecular complexity index is 1230. The maximum absolute atomic E-state index is 13.6. The molecule has 1 saturated heterocycles. The van der Waals surface area contributed by atoms with Gasteiger partial charge in [-0.25, -0.2) is 9.78 Å². The number of nitrogens with one attached hydrogen (secondary N) is 1. The van der Waals surface area contributed by atoms with E-state index in [-0.39, 0.29) is 36.9 Å². The van der Waals surface area contributed by atoms with Crippen LogP contribution in [0.15, 0.2) is 54.8 Å². The Labute approximate surface area is 249 Å². The summed E-state index contributed by atoms with van der Waals surface area (Å²) in [6, 6.07) is 9.29. The molecular weight excluding hydrogens is 536 g/mol. The Morgan fingerprint density at radius 1 is 1.07 bits per heavy atom. The number of carbonyl (C=O) groups excluding carboxylic acids is 1. The van der Waals surface area contributed by atoms with Crippen molar-refractivity contribution in [2.45, 2.75) is 71.6 Å². The first-order chi connectivity index (χ1) is 20.2. The van der Waals surface area contributed by atoms with Crippen molar-refractivity contribution >= 4 is 17.9 Å². The van der Waals surface area contributed by atoms with Gasteiger partial charge in [0.05, 0.1) is 18.8 Å². The number of fused-ring (bicyclic) bond motifs is 2. The van der Waals surface area contributed by atoms with Gasteiger partial charge in [-0.1, -0.05) is 44.2 Å². The van der Waals surface area contributed by atoms with Gasteiger partial charge >= 0.3 is 5.97 Å². The molecule has 2 aliphatic rings. The first-order valence-electron chi connectivity index (χ1n) is 14.7. The molecule has 1 fully saturated rings. The number of ether oxygens (including phenoxy) is 6. The van der Waals surface area contributed by atoms with Gasteiger partial charge in [-0.3, -0.25) is 0 Å². The highest BCUT2D eigenvalue weighted by atomic mass is 16.8. The van der Waals surface area contributed by atoms with Crippen LogP contribution >= 0.6 is 0 Å². The lowest BCUT2D eigenvalue weighted by molar-refractivity contribution is -0.148. The number of nitrogens with zero attached hydrogens (tertiary/aromatic N) is 1. The molecule has 1 N–H and O–H groups in total. The molecule has 0 amide bonds. The van der Waals surface area contributed by atoms with Gasteiger partial charge < -0.3 is 33.7 Å². The molecule has 4 unspecified atom stereocenters. The van der Waals surface area contributed by atoms with E-state index in [0.717, 1.165) is 12.2 Å². The lowest BCUT2D eigenvalue weighted by atomic mass is 9.94. The summed E-state index contributed by atoms with van der Waals surface area (Å²) >= 11 is 0. The van der Waals surface area contributed by atoms with Crippen LogP contribution in [-0.4, -0.2) is 62.1 Å². The molecule has 228 valence electrons. The molecule has 4 rings (SSSR count). The van der Waals surface area contributed by atoms with Crippen LogP contribution in [0.2, 0.25) is 0 Å². The fourth-order valence-corrected chi connectivity index (χ4v) is 5.00. The zero-order chi connectivity index (χ0) is 30.1. The van der Waals surface area contributed by atoms with Crippen molar-refractivity contribution in [3.05, 3.63) is 65.9 Å². The largest absolute Gasteiger partial charge is 0.493 e. The molecule has 3 heterocycles. The van der Waals surface area contributed by atoms with Crippen LogP contribution in [0.1, 0.15) is 63.4 Å². The van der Waals surface area contributed by atoms with Crippen molar-refractivity contribution < 1.29 is 33.2 Å². The molecule has 0 spiro atoms. The van der Waals surface area contributed by atoms with Crippen molar-refractivity contribution in [1.29, 1.82) is 0 Å². The molecule has 0 radical (unpaired) electrons. The molecule has 9 nitrogen and oxygen atoms in total. The van der Waals surface area contributed by atoms with Crippen LogP contribution in [0.4, 0.5) is 5.82 Å². The summed E-state index contributed by atoms with van der Waals surface area (Å²) < 4.78 is 35.7. The van der Waals surface area contributed by atoms with Crippen LogP contribution in [0.5, 0.6) is 11.5 Å². The lowest BCUT2D eigenvalue weighted by Gasteiger charge is -2.23. The van der Waals surface area contributed by atoms with Crippen molar-refractivity contribution in [2.75, 3.05) is 32.4 Å². The molecule has 1 aromatic carbocycles. The number of esters is 1. The number of benzene rings is 1. The van der Waals surface area contributed by atoms with Crippen LogP contribution in [0.25, 0.3) is 6.08 Å². The predicted octanol–water partition coefficient (Wildman–Crippen LogP) is 6.26. The second-order valence-electron chi connectivity index (χ2n) is 11.3. The van der Waals surface area contributed by atoms with Gasteiger partial charge in [0, 0.05) is 37.8 Å². The van der Waals surface area contributed by atoms with E-state index in [0.29, 0.717) is 42.2 Å². The Balaban J connectivity index is 1.60. The predicted molar refractivity (Wildman–Crippen MR) is 162 cm³/mol. The van der Waals surface area contributed by atoms with E-state index in [1.807, 2.05) is 64.1 Å². The van der Waals surface area contributed by atoms with E-state index in [1.54, 1.807) is 12.3 Å². The Morgan fingerprint density at radius 2 is 1.88 bits per heavy atom. The van der Waals surface area contributed by atoms with Gasteiger partial charge in [0.2, 0.25) is 0 Å². The minimum absolute atomic E-state index is 0.0160. The fraction of sp³-hybridized carbons (Fsp3) is 0.515. The summed E-state index contributed by atoms with van der Waals surface area (Å²) in [5, 5.41) is 3.28. The molecule has 5 atom stereocenters. The summed E-state index contributed by atoms with van der Waals surface area (Å²) in [7, 11) is 1.53. The van der Waals surface area contributed by atoms with E-state index in [9.17, 15) is 4.79 Å². The second-order valence-corrected chi connectivity index (χ2v) is 11.3. The van der Waals surface area contributed by atoms with Crippen molar-refractivity contribution in [3.63, 3.8) is 0 Å². The highest BCUT2D eigenvalue weighted by Gasteiger charge is 2.42. The topological polar surface area (TPSA) is 97.4 Å². The zero-order valence-electron chi connectivity index (χ0n) is 25.5. The van der Waals surface area contributed by atoms with Crippen LogP contribution < -0.4 is 14.8 Å². The van der Waals surface area contributed by atoms with Gasteiger partial charge in [-0.2, -0.15) is 0 Å². The molecule has 1 aromatic heterocycles. The highest BCUT2D eigenvalue weighted by molar-refractivity contribution is 5.97. The zero-order valence-corrected chi connectivity index (χ0v) is 25.5. The van der Waals surface area contributed by atoms with Crippen LogP contribution in [0.3, 0.4) is 0 Å². The number of methoxy groups -OCH3 is 1. The highest BCUT2D eigenvalue weighted by Crippen LogP contribution is 2.36. The number of hydrogen-bond donors (Lipinski definition) is 1. The maximum atomic E-state index is 13.6. The molecular formula is C33H44N2O7. The van der Waals surface area contributed by atoms with E-state index < -0.39 is 11.8 Å². The molecule has 0 bridgehead atoms. The Hall–Kier alpha value is -3.40. The third-order valence-corrected chi connectivity index (χ3v) is 7.36. The van der Waals surface area contributed by atoms with E-state index in [2.05, 4.69) is 29.4 Å². The number of anilines is 1. The Morgan fingerprint density at radius 3 is 2.64 bits per heavy atom. The minimum Gasteiger partial charge on any atom is -0.493 e. The molecule has 9 heteroatoms. The van der Waals surface area contributed by atoms with E-state index in [4.69, 9.17) is 28.4 Å². The summed E-state index contributed by atoms with van der Waals surface area (Å²) in [4.78, 5) is 17.9. The summed E-state index contributed by atoms with van der Waals surface area (Å²) in [6.07, 6.45) is 10.6. The van der Waals surface area contributed by atoms with Crippen LogP contribution in [-0.2, 0) is 18.9 Å². The monoisotopic (exact) mass is 580 g/mol. The average molecular weight is 581 g/mol. The number of aromatic nitrogens is 1. The smallest absolute Gasteiger partial charge is 0.342 e. The van der Waals surface area contributed by atoms with Crippen molar-refractivity contribution in [3.8, 4) is 11.5 Å². The van der Waals surface area contributed by atoms with Crippen molar-refractivity contribution in [1.82, 2.24) is 4.98 Å². The third kappa shape index (κ3) is 8.56. The molecule has 0 aliphatic carbocycles. The van der Waals surface area contributed by atoms with Crippen molar-refractivity contribution in [2.24, 2.45) is 11.8 Å². The second kappa shape index (κ2) is 14.7. The molecule has 2 aromatic rings. The standard InChI is InChI=1S/C33H44N2O7/c1-22-14-15-23(2)31-27(41-33(4,5)42-31)12-9-11-25-19-26(38-18-10-17-35-29-13-7-8-16-34-29)20-28(39-21-37-6)30(25)32(36)40-24(22)3/h7-9,11,13-16,19-20,22-24,27,31H,10,12,17-18,21H2,1-6H3,(H,34,35)/b11-9+,15-14-/t22-,23?,24?,27?,31?/m1/s1. The SMILES string of the molecule is COCOc1cc(OCCCNc2ccccn2)cc2c1C(=O)OC(C)[C@H](C)/C=C\C(C)C1OC(C)(C)OC1C/C=C/2. The third-order valence-electron chi connectivity index (χ3n) is 7.36. The molecule has 2 aliphatic heterocycles. The first-order valence-corrected chi connectivity index (χ1v) is 14.7.